The molecule has 444 valence electrons. The fourth-order valence-corrected chi connectivity index (χ4v) is 15.6. The number of para-hydroxylation sites is 6. The van der Waals surface area contributed by atoms with E-state index in [9.17, 15) is 21.9 Å². The summed E-state index contributed by atoms with van der Waals surface area (Å²) in [6, 6.07) is 60.2. The summed E-state index contributed by atoms with van der Waals surface area (Å²) in [6.45, 7) is -0.879. The monoisotopic (exact) mass is 1240 g/mol. The molecule has 0 unspecified atom stereocenters. The van der Waals surface area contributed by atoms with Crippen LogP contribution in [0.5, 0.6) is 0 Å². The van der Waals surface area contributed by atoms with E-state index in [1.54, 1.807) is 12.1 Å². The van der Waals surface area contributed by atoms with E-state index in [-0.39, 0.29) is 78.0 Å². The van der Waals surface area contributed by atoms with Gasteiger partial charge in [-0.3, -0.25) is 0 Å². The Morgan fingerprint density at radius 1 is 0.260 bits per heavy atom. The lowest BCUT2D eigenvalue weighted by Crippen LogP contribution is -2.61. The number of hydrogen-bond donors (Lipinski definition) is 0. The molecule has 6 heteroatoms. The van der Waals surface area contributed by atoms with E-state index in [2.05, 4.69) is 15.9 Å². The van der Waals surface area contributed by atoms with Crippen molar-refractivity contribution in [2.24, 2.45) is 0 Å². The van der Waals surface area contributed by atoms with Crippen LogP contribution in [0.2, 0.25) is 0 Å². The molecule has 5 nitrogen and oxygen atoms in total. The zero-order chi connectivity index (χ0) is 80.1. The fourth-order valence-electron chi connectivity index (χ4n) is 15.6. The van der Waals surface area contributed by atoms with Crippen molar-refractivity contribution in [2.45, 2.75) is 0 Å². The molecule has 2 aliphatic heterocycles. The van der Waals surface area contributed by atoms with Gasteiger partial charge in [-0.05, 0) is 145 Å². The fraction of sp³-hybridized carbons (Fsp3) is 0. The Hall–Kier alpha value is -12.6. The molecule has 0 bridgehead atoms. The number of fused-ring (bicyclic) bond motifs is 21. The van der Waals surface area contributed by atoms with Crippen molar-refractivity contribution in [3.05, 3.63) is 339 Å². The van der Waals surface area contributed by atoms with Gasteiger partial charge in [0.1, 0.15) is 0 Å². The van der Waals surface area contributed by atoms with Gasteiger partial charge in [0.2, 0.25) is 0 Å². The number of hydrogen-bond acceptors (Lipinski definition) is 2. The van der Waals surface area contributed by atoms with E-state index in [0.29, 0.717) is 77.6 Å². The minimum atomic E-state index is -0.879. The van der Waals surface area contributed by atoms with Gasteiger partial charge in [0.25, 0.3) is 6.71 Å². The molecule has 0 N–H and O–H groups in total. The average molecular weight is 1240 g/mol. The lowest BCUT2D eigenvalue weighted by molar-refractivity contribution is 1.17. The van der Waals surface area contributed by atoms with Crippen molar-refractivity contribution in [2.75, 3.05) is 9.80 Å². The highest BCUT2D eigenvalue weighted by atomic mass is 15.2. The molecular formula is C90H56BN5. The van der Waals surface area contributed by atoms with Crippen LogP contribution in [0.3, 0.4) is 0 Å². The van der Waals surface area contributed by atoms with E-state index in [1.165, 1.54) is 9.13 Å². The number of rotatable bonds is 6. The second-order valence-electron chi connectivity index (χ2n) is 24.4. The standard InChI is InChI=1S/C90H56BN5/c1-3-22-57(23-4-1)59-42-46-61(47-43-59)92-83-54-63(93-78-37-16-12-31-70(78)71-32-13-17-38-79(71)93)50-52-76(83)91-77-53-51-64(94-80-39-18-14-33-72(80)73-34-15-19-40-81(73)94)55-84(77)95(62-48-44-60(45-49-62)58-24-5-2-6-25-58)90-87-75-36-21-35-74-68-29-10-8-27-66(68)65-26-7-9-28-67(65)69-30-11-20-41-82(69)96(89(74)75)85(87)56-86(92)88(90)91/h1-56H/i11D,12D,13D,14D,15D,16D,17D,18D,19D,20D,30D,31D,32D,33D,34D,37D,38D,39D,40D,41D. The molecule has 0 atom stereocenters. The van der Waals surface area contributed by atoms with Gasteiger partial charge in [-0.15, -0.1) is 0 Å². The Balaban J connectivity index is 1.00. The summed E-state index contributed by atoms with van der Waals surface area (Å²) in [4.78, 5) is 4.24. The zero-order valence-corrected chi connectivity index (χ0v) is 50.6. The van der Waals surface area contributed by atoms with Crippen LogP contribution in [0.15, 0.2) is 339 Å². The van der Waals surface area contributed by atoms with Crippen LogP contribution >= 0.6 is 0 Å². The summed E-state index contributed by atoms with van der Waals surface area (Å²) in [5.74, 6) is 0. The lowest BCUT2D eigenvalue weighted by Gasteiger charge is -2.44. The minimum Gasteiger partial charge on any atom is -0.311 e. The van der Waals surface area contributed by atoms with Gasteiger partial charge in [0.15, 0.2) is 0 Å². The Bertz CT molecular complexity index is 7620. The second-order valence-corrected chi connectivity index (χ2v) is 24.4. The molecule has 2 aliphatic rings. The Morgan fingerprint density at radius 3 is 1.11 bits per heavy atom. The average Bonchev–Trinajstić information content (AvgIpc) is 1.41. The topological polar surface area (TPSA) is 20.8 Å². The normalized spacial score (nSPS) is 15.6. The van der Waals surface area contributed by atoms with E-state index in [1.807, 2.05) is 205 Å². The second kappa shape index (κ2) is 20.4. The Morgan fingerprint density at radius 2 is 0.625 bits per heavy atom. The zero-order valence-electron chi connectivity index (χ0n) is 70.6. The molecule has 0 saturated carbocycles. The Kier molecular flexibility index (Phi) is 7.91. The van der Waals surface area contributed by atoms with Gasteiger partial charge >= 0.3 is 0 Å². The van der Waals surface area contributed by atoms with Crippen molar-refractivity contribution in [1.82, 2.24) is 13.5 Å². The maximum atomic E-state index is 10.5. The maximum Gasteiger partial charge on any atom is 0.252 e. The third-order valence-corrected chi connectivity index (χ3v) is 19.6. The van der Waals surface area contributed by atoms with Crippen molar-refractivity contribution in [1.29, 1.82) is 0 Å². The van der Waals surface area contributed by atoms with Gasteiger partial charge in [-0.1, -0.05) is 254 Å². The molecule has 21 rings (SSSR count). The third kappa shape index (κ3) is 7.52. The van der Waals surface area contributed by atoms with Gasteiger partial charge in [0.05, 0.1) is 71.7 Å². The first-order valence-electron chi connectivity index (χ1n) is 41.6. The predicted octanol–water partition coefficient (Wildman–Crippen LogP) is 21.9. The molecule has 0 spiro atoms. The first kappa shape index (κ1) is 37.2. The van der Waals surface area contributed by atoms with Crippen LogP contribution in [0, 0.1) is 0 Å². The van der Waals surface area contributed by atoms with Crippen LogP contribution in [0.4, 0.5) is 34.1 Å². The van der Waals surface area contributed by atoms with Crippen molar-refractivity contribution >= 4 is 160 Å². The van der Waals surface area contributed by atoms with Gasteiger partial charge in [-0.2, -0.15) is 0 Å². The smallest absolute Gasteiger partial charge is 0.252 e. The van der Waals surface area contributed by atoms with E-state index < -0.39 is 115 Å². The molecule has 0 saturated heterocycles. The van der Waals surface area contributed by atoms with Crippen molar-refractivity contribution in [3.8, 4) is 33.6 Å². The van der Waals surface area contributed by atoms with Crippen LogP contribution < -0.4 is 26.2 Å². The molecule has 4 aromatic heterocycles. The first-order chi connectivity index (χ1) is 56.0. The van der Waals surface area contributed by atoms with Gasteiger partial charge in [-0.25, -0.2) is 0 Å². The number of nitrogens with zero attached hydrogens (tertiary/aromatic N) is 5. The molecule has 0 amide bonds. The molecule has 0 radical (unpaired) electrons. The van der Waals surface area contributed by atoms with Crippen LogP contribution in [0.25, 0.3) is 137 Å². The third-order valence-electron chi connectivity index (χ3n) is 19.6. The highest BCUT2D eigenvalue weighted by Crippen LogP contribution is 2.52. The van der Waals surface area contributed by atoms with Crippen LogP contribution in [-0.4, -0.2) is 20.2 Å². The number of benzene rings is 15. The molecule has 19 aromatic rings. The summed E-state index contributed by atoms with van der Waals surface area (Å²) >= 11 is 0. The number of anilines is 6. The SMILES string of the molecule is [2H]c1c([2H])c([2H])c2c(c1[2H])c1c([2H])c([2H])c([2H])c([2H])c1n2-c1ccc2c(c1)N(c1ccc(-c3ccccc3)cc1)c1cc3c(c4c1B2c1ccc(-n2c5c([2H])c([2H])c([2H])c([2H])c5c5c([2H])c([2H])c([2H])c([2H])c52)cc1N4c1ccc(-c2ccccc2)cc1)c1cccc2c4ccccc4c4ccccc4c4c([2H])c([2H])c([2H])c([2H])c4n3c21. The summed E-state index contributed by atoms with van der Waals surface area (Å²) in [6.07, 6.45) is 0. The highest BCUT2D eigenvalue weighted by molar-refractivity contribution is 7.00. The molecular weight excluding hydrogens is 1160 g/mol. The minimum absolute atomic E-state index is 0.106. The van der Waals surface area contributed by atoms with Crippen molar-refractivity contribution < 1.29 is 27.4 Å². The van der Waals surface area contributed by atoms with Crippen LogP contribution in [-0.2, 0) is 0 Å². The maximum absolute atomic E-state index is 10.5. The summed E-state index contributed by atoms with van der Waals surface area (Å²) < 4.78 is 195. The first-order valence-corrected chi connectivity index (χ1v) is 31.6. The number of aromatic nitrogens is 3. The van der Waals surface area contributed by atoms with Crippen molar-refractivity contribution in [3.63, 3.8) is 0 Å². The largest absolute Gasteiger partial charge is 0.311 e. The molecule has 96 heavy (non-hydrogen) atoms. The molecule has 6 heterocycles. The van der Waals surface area contributed by atoms with Crippen LogP contribution in [0.1, 0.15) is 27.4 Å². The molecule has 15 aromatic carbocycles. The van der Waals surface area contributed by atoms with E-state index >= 15 is 0 Å². The van der Waals surface area contributed by atoms with E-state index in [0.717, 1.165) is 43.9 Å². The molecule has 0 aliphatic carbocycles. The predicted molar refractivity (Wildman–Crippen MR) is 407 cm³/mol. The quantitative estimate of drug-likeness (QED) is 0.155. The van der Waals surface area contributed by atoms with Gasteiger partial charge in [0, 0.05) is 82.9 Å². The lowest BCUT2D eigenvalue weighted by atomic mass is 9.33. The summed E-state index contributed by atoms with van der Waals surface area (Å²) in [5.41, 5.74) is 10.1. The van der Waals surface area contributed by atoms with Gasteiger partial charge < -0.3 is 23.3 Å². The Labute approximate surface area is 581 Å². The van der Waals surface area contributed by atoms with E-state index in [4.69, 9.17) is 5.48 Å². The molecule has 0 fully saturated rings. The summed E-state index contributed by atoms with van der Waals surface area (Å²) in [7, 11) is 0. The summed E-state index contributed by atoms with van der Waals surface area (Å²) in [5, 5.41) is 4.56. The highest BCUT2D eigenvalue weighted by Gasteiger charge is 2.46.